The number of benzene rings is 2. The molecule has 5 rings (SSSR count). The molecule has 1 heterocycles. The van der Waals surface area contributed by atoms with Gasteiger partial charge in [0.15, 0.2) is 23.3 Å². The zero-order valence-corrected chi connectivity index (χ0v) is 26.3. The van der Waals surface area contributed by atoms with Gasteiger partial charge in [-0.1, -0.05) is 42.5 Å². The Balaban J connectivity index is 1.02. The van der Waals surface area contributed by atoms with E-state index in [2.05, 4.69) is 30.9 Å². The molecule has 1 nitrogen and oxygen atoms in total. The average molecular weight is 643 g/mol. The fraction of sp³-hybridized carbons (Fsp3) is 0.487. The van der Waals surface area contributed by atoms with Crippen molar-refractivity contribution in [2.45, 2.75) is 95.0 Å². The summed E-state index contributed by atoms with van der Waals surface area (Å²) in [5.41, 5.74) is 0.945. The van der Waals surface area contributed by atoms with Crippen molar-refractivity contribution < 1.29 is 31.1 Å². The molecule has 2 atom stereocenters. The molecule has 3 aliphatic rings. The van der Waals surface area contributed by atoms with Crippen LogP contribution in [0.15, 0.2) is 73.1 Å². The molecule has 46 heavy (non-hydrogen) atoms. The second-order valence-electron chi connectivity index (χ2n) is 13.3. The zero-order chi connectivity index (χ0) is 32.6. The van der Waals surface area contributed by atoms with E-state index in [1.54, 1.807) is 6.07 Å². The van der Waals surface area contributed by atoms with Crippen molar-refractivity contribution in [3.8, 4) is 0 Å². The first kappa shape index (κ1) is 34.3. The molecule has 1 saturated heterocycles. The SMILES string of the molecule is C=CCC/C(F)=C(\F)c1ccc(C2CCC(/C=C/C3CCC(/C=C/C4CCC(c5cc(F)c(F)c(F)c5)CC4)CC3)OC2)c(F)c1. The highest BCUT2D eigenvalue weighted by Crippen LogP contribution is 2.39. The van der Waals surface area contributed by atoms with Crippen LogP contribution in [0.4, 0.5) is 26.3 Å². The summed E-state index contributed by atoms with van der Waals surface area (Å²) in [6, 6.07) is 6.34. The fourth-order valence-electron chi connectivity index (χ4n) is 7.24. The Bertz CT molecular complexity index is 1400. The Morgan fingerprint density at radius 2 is 1.26 bits per heavy atom. The van der Waals surface area contributed by atoms with E-state index in [9.17, 15) is 26.3 Å². The topological polar surface area (TPSA) is 9.23 Å². The van der Waals surface area contributed by atoms with E-state index in [0.29, 0.717) is 41.9 Å². The molecule has 7 heteroatoms. The van der Waals surface area contributed by atoms with Gasteiger partial charge in [-0.2, -0.15) is 0 Å². The molecule has 0 N–H and O–H groups in total. The van der Waals surface area contributed by atoms with Gasteiger partial charge in [-0.05, 0) is 124 Å². The second kappa shape index (κ2) is 16.2. The van der Waals surface area contributed by atoms with Crippen molar-refractivity contribution in [2.75, 3.05) is 6.61 Å². The highest BCUT2D eigenvalue weighted by atomic mass is 19.2. The van der Waals surface area contributed by atoms with Gasteiger partial charge in [0, 0.05) is 17.9 Å². The smallest absolute Gasteiger partial charge is 0.194 e. The van der Waals surface area contributed by atoms with Crippen LogP contribution in [-0.2, 0) is 4.74 Å². The Morgan fingerprint density at radius 3 is 1.80 bits per heavy atom. The highest BCUT2D eigenvalue weighted by Gasteiger charge is 2.26. The second-order valence-corrected chi connectivity index (χ2v) is 13.3. The largest absolute Gasteiger partial charge is 0.374 e. The third-order valence-corrected chi connectivity index (χ3v) is 10.1. The van der Waals surface area contributed by atoms with Crippen molar-refractivity contribution in [1.29, 1.82) is 0 Å². The molecule has 1 aliphatic heterocycles. The van der Waals surface area contributed by atoms with Crippen LogP contribution in [-0.4, -0.2) is 12.7 Å². The summed E-state index contributed by atoms with van der Waals surface area (Å²) in [5, 5.41) is 0. The average Bonchev–Trinajstić information content (AvgIpc) is 3.08. The van der Waals surface area contributed by atoms with E-state index < -0.39 is 34.9 Å². The Kier molecular flexibility index (Phi) is 12.0. The molecule has 3 fully saturated rings. The molecule has 0 bridgehead atoms. The van der Waals surface area contributed by atoms with E-state index in [1.165, 1.54) is 12.1 Å². The minimum absolute atomic E-state index is 0.00596. The van der Waals surface area contributed by atoms with Crippen molar-refractivity contribution in [3.05, 3.63) is 113 Å². The highest BCUT2D eigenvalue weighted by molar-refractivity contribution is 5.61. The number of hydrogen-bond donors (Lipinski definition) is 0. The van der Waals surface area contributed by atoms with Crippen LogP contribution >= 0.6 is 0 Å². The third kappa shape index (κ3) is 8.84. The standard InChI is InChI=1S/C39H44F6O/c1-2-3-4-34(40)38(44)29-17-20-33(35(41)21-29)30-16-19-32(46-24-30)18-13-26-8-5-25(6-9-26)7-10-27-11-14-28(15-12-27)31-22-36(42)39(45)37(43)23-31/h2,7,10,13,17-18,20-23,25-28,30,32H,1,3-6,8-9,11-12,14-16,19,24H2/b10-7+,18-13+,38-34+. The molecule has 248 valence electrons. The Hall–Kier alpha value is -3.06. The van der Waals surface area contributed by atoms with Crippen LogP contribution in [0.1, 0.15) is 106 Å². The lowest BCUT2D eigenvalue weighted by Crippen LogP contribution is -2.24. The summed E-state index contributed by atoms with van der Waals surface area (Å²) in [4.78, 5) is 0. The molecule has 2 saturated carbocycles. The lowest BCUT2D eigenvalue weighted by atomic mass is 9.77. The number of allylic oxidation sites excluding steroid dienone is 5. The summed E-state index contributed by atoms with van der Waals surface area (Å²) in [6.07, 6.45) is 20.5. The number of hydrogen-bond acceptors (Lipinski definition) is 1. The summed E-state index contributed by atoms with van der Waals surface area (Å²) >= 11 is 0. The molecule has 0 spiro atoms. The minimum Gasteiger partial charge on any atom is -0.374 e. The molecule has 2 aromatic carbocycles. The van der Waals surface area contributed by atoms with E-state index in [1.807, 2.05) is 0 Å². The van der Waals surface area contributed by atoms with Crippen LogP contribution in [0, 0.1) is 41.0 Å². The maximum atomic E-state index is 14.9. The van der Waals surface area contributed by atoms with E-state index in [-0.39, 0.29) is 29.9 Å². The number of halogens is 6. The van der Waals surface area contributed by atoms with E-state index in [4.69, 9.17) is 4.74 Å². The van der Waals surface area contributed by atoms with Gasteiger partial charge in [0.25, 0.3) is 0 Å². The Morgan fingerprint density at radius 1 is 0.696 bits per heavy atom. The van der Waals surface area contributed by atoms with Crippen molar-refractivity contribution in [2.24, 2.45) is 17.8 Å². The summed E-state index contributed by atoms with van der Waals surface area (Å²) in [6.45, 7) is 3.89. The third-order valence-electron chi connectivity index (χ3n) is 10.1. The van der Waals surface area contributed by atoms with E-state index in [0.717, 1.165) is 82.4 Å². The van der Waals surface area contributed by atoms with Gasteiger partial charge in [0.05, 0.1) is 12.7 Å². The van der Waals surface area contributed by atoms with Gasteiger partial charge in [0.2, 0.25) is 0 Å². The lowest BCUT2D eigenvalue weighted by Gasteiger charge is -2.29. The monoisotopic (exact) mass is 642 g/mol. The lowest BCUT2D eigenvalue weighted by molar-refractivity contribution is 0.0315. The molecular weight excluding hydrogens is 598 g/mol. The predicted octanol–water partition coefficient (Wildman–Crippen LogP) is 12.0. The first-order valence-electron chi connectivity index (χ1n) is 16.8. The zero-order valence-electron chi connectivity index (χ0n) is 26.3. The molecule has 2 aromatic rings. The first-order valence-corrected chi connectivity index (χ1v) is 16.8. The maximum absolute atomic E-state index is 14.9. The quantitative estimate of drug-likeness (QED) is 0.142. The molecule has 2 aliphatic carbocycles. The van der Waals surface area contributed by atoms with Crippen molar-refractivity contribution in [3.63, 3.8) is 0 Å². The van der Waals surface area contributed by atoms with Crippen LogP contribution in [0.3, 0.4) is 0 Å². The first-order chi connectivity index (χ1) is 22.2. The fourth-order valence-corrected chi connectivity index (χ4v) is 7.24. The molecular formula is C39H44F6O. The number of ether oxygens (including phenoxy) is 1. The van der Waals surface area contributed by atoms with Crippen molar-refractivity contribution >= 4 is 5.83 Å². The predicted molar refractivity (Wildman–Crippen MR) is 171 cm³/mol. The number of rotatable bonds is 10. The summed E-state index contributed by atoms with van der Waals surface area (Å²) < 4.78 is 89.9. The van der Waals surface area contributed by atoms with Gasteiger partial charge < -0.3 is 4.74 Å². The van der Waals surface area contributed by atoms with Gasteiger partial charge in [-0.3, -0.25) is 0 Å². The molecule has 2 unspecified atom stereocenters. The van der Waals surface area contributed by atoms with Gasteiger partial charge in [-0.15, -0.1) is 6.58 Å². The van der Waals surface area contributed by atoms with Crippen LogP contribution in [0.25, 0.3) is 5.83 Å². The Labute approximate surface area is 269 Å². The summed E-state index contributed by atoms with van der Waals surface area (Å²) in [5.74, 6) is -4.60. The normalized spacial score (nSPS) is 28.0. The summed E-state index contributed by atoms with van der Waals surface area (Å²) in [7, 11) is 0. The van der Waals surface area contributed by atoms with Gasteiger partial charge in [0.1, 0.15) is 11.6 Å². The van der Waals surface area contributed by atoms with Crippen LogP contribution < -0.4 is 0 Å². The van der Waals surface area contributed by atoms with Gasteiger partial charge in [-0.25, -0.2) is 26.3 Å². The maximum Gasteiger partial charge on any atom is 0.194 e. The van der Waals surface area contributed by atoms with Gasteiger partial charge >= 0.3 is 0 Å². The molecule has 0 amide bonds. The van der Waals surface area contributed by atoms with Crippen molar-refractivity contribution in [1.82, 2.24) is 0 Å². The van der Waals surface area contributed by atoms with E-state index >= 15 is 0 Å². The minimum atomic E-state index is -1.40. The molecule has 0 radical (unpaired) electrons. The van der Waals surface area contributed by atoms with Crippen LogP contribution in [0.5, 0.6) is 0 Å². The van der Waals surface area contributed by atoms with Crippen LogP contribution in [0.2, 0.25) is 0 Å². The molecule has 0 aromatic heterocycles.